The zero-order valence-corrected chi connectivity index (χ0v) is 9.58. The van der Waals surface area contributed by atoms with Crippen molar-refractivity contribution in [1.29, 1.82) is 0 Å². The van der Waals surface area contributed by atoms with Crippen LogP contribution in [-0.2, 0) is 16.0 Å². The van der Waals surface area contributed by atoms with Gasteiger partial charge < -0.3 is 10.4 Å². The monoisotopic (exact) mass is 257 g/mol. The summed E-state index contributed by atoms with van der Waals surface area (Å²) in [6.07, 6.45) is -0.0159. The van der Waals surface area contributed by atoms with E-state index in [9.17, 15) is 18.4 Å². The maximum atomic E-state index is 13.2. The molecule has 0 aromatic heterocycles. The molecule has 1 aromatic rings. The average molecular weight is 257 g/mol. The molecule has 1 rings (SSSR count). The third-order valence-corrected chi connectivity index (χ3v) is 2.25. The van der Waals surface area contributed by atoms with Crippen molar-refractivity contribution < 1.29 is 23.5 Å². The van der Waals surface area contributed by atoms with Crippen LogP contribution in [0.2, 0.25) is 0 Å². The van der Waals surface area contributed by atoms with Crippen LogP contribution in [0.25, 0.3) is 0 Å². The lowest BCUT2D eigenvalue weighted by Crippen LogP contribution is -2.26. The molecule has 0 atom stereocenters. The number of hydrogen-bond acceptors (Lipinski definition) is 2. The molecule has 0 aliphatic rings. The summed E-state index contributed by atoms with van der Waals surface area (Å²) in [4.78, 5) is 21.6. The Hall–Kier alpha value is -1.98. The topological polar surface area (TPSA) is 66.4 Å². The predicted octanol–water partition coefficient (Wildman–Crippen LogP) is 1.49. The van der Waals surface area contributed by atoms with E-state index in [0.717, 1.165) is 18.2 Å². The van der Waals surface area contributed by atoms with Crippen LogP contribution in [0.4, 0.5) is 8.78 Å². The molecule has 0 heterocycles. The zero-order chi connectivity index (χ0) is 13.5. The van der Waals surface area contributed by atoms with Crippen molar-refractivity contribution in [2.45, 2.75) is 19.3 Å². The van der Waals surface area contributed by atoms with Gasteiger partial charge in [0.05, 0.1) is 6.42 Å². The quantitative estimate of drug-likeness (QED) is 0.759. The van der Waals surface area contributed by atoms with Crippen LogP contribution < -0.4 is 5.32 Å². The first kappa shape index (κ1) is 14.1. The molecule has 4 nitrogen and oxygen atoms in total. The summed E-state index contributed by atoms with van der Waals surface area (Å²) in [6.45, 7) is 0.196. The molecule has 0 fully saturated rings. The lowest BCUT2D eigenvalue weighted by molar-refractivity contribution is -0.137. The Morgan fingerprint density at radius 1 is 1.28 bits per heavy atom. The van der Waals surface area contributed by atoms with Crippen molar-refractivity contribution in [3.8, 4) is 0 Å². The molecule has 1 aromatic carbocycles. The maximum Gasteiger partial charge on any atom is 0.303 e. The van der Waals surface area contributed by atoms with Crippen molar-refractivity contribution in [2.24, 2.45) is 0 Å². The second kappa shape index (κ2) is 6.68. The Balaban J connectivity index is 2.40. The number of halogens is 2. The first-order valence-electron chi connectivity index (χ1n) is 5.41. The molecular weight excluding hydrogens is 244 g/mol. The van der Waals surface area contributed by atoms with Gasteiger partial charge in [-0.2, -0.15) is 0 Å². The number of amides is 1. The molecular formula is C12H13F2NO3. The summed E-state index contributed by atoms with van der Waals surface area (Å²) in [5.41, 5.74) is -0.0225. The third-order valence-electron chi connectivity index (χ3n) is 2.25. The molecule has 0 saturated heterocycles. The van der Waals surface area contributed by atoms with E-state index in [1.807, 2.05) is 0 Å². The maximum absolute atomic E-state index is 13.2. The molecule has 2 N–H and O–H groups in total. The van der Waals surface area contributed by atoms with Gasteiger partial charge in [0.1, 0.15) is 11.6 Å². The highest BCUT2D eigenvalue weighted by Gasteiger charge is 2.09. The lowest BCUT2D eigenvalue weighted by Gasteiger charge is -2.05. The van der Waals surface area contributed by atoms with Gasteiger partial charge >= 0.3 is 5.97 Å². The van der Waals surface area contributed by atoms with Gasteiger partial charge in [0.15, 0.2) is 0 Å². The number of carbonyl (C=O) groups is 2. The number of carbonyl (C=O) groups excluding carboxylic acids is 1. The van der Waals surface area contributed by atoms with Gasteiger partial charge in [0, 0.05) is 18.5 Å². The SMILES string of the molecule is O=C(O)CCCNC(=O)Cc1cc(F)ccc1F. The Kier molecular flexibility index (Phi) is 5.23. The number of carboxylic acid groups (broad SMARTS) is 1. The second-order valence-corrected chi connectivity index (χ2v) is 3.76. The number of aliphatic carboxylic acids is 1. The van der Waals surface area contributed by atoms with Gasteiger partial charge in [-0.05, 0) is 24.6 Å². The number of nitrogens with one attached hydrogen (secondary N) is 1. The minimum Gasteiger partial charge on any atom is -0.481 e. The fourth-order valence-corrected chi connectivity index (χ4v) is 1.38. The molecule has 0 bridgehead atoms. The molecule has 0 saturated carbocycles. The van der Waals surface area contributed by atoms with Gasteiger partial charge in [-0.25, -0.2) is 8.78 Å². The molecule has 98 valence electrons. The van der Waals surface area contributed by atoms with E-state index in [0.29, 0.717) is 6.42 Å². The predicted molar refractivity (Wildman–Crippen MR) is 59.9 cm³/mol. The molecule has 0 unspecified atom stereocenters. The summed E-state index contributed by atoms with van der Waals surface area (Å²) < 4.78 is 26.0. The van der Waals surface area contributed by atoms with E-state index in [1.54, 1.807) is 0 Å². The standard InChI is InChI=1S/C12H13F2NO3/c13-9-3-4-10(14)8(6-9)7-11(16)15-5-1-2-12(17)18/h3-4,6H,1-2,5,7H2,(H,15,16)(H,17,18). The summed E-state index contributed by atoms with van der Waals surface area (Å²) in [7, 11) is 0. The van der Waals surface area contributed by atoms with Crippen molar-refractivity contribution in [3.63, 3.8) is 0 Å². The van der Waals surface area contributed by atoms with Crippen LogP contribution in [0.5, 0.6) is 0 Å². The normalized spacial score (nSPS) is 10.1. The van der Waals surface area contributed by atoms with Crippen LogP contribution in [0.15, 0.2) is 18.2 Å². The van der Waals surface area contributed by atoms with Crippen molar-refractivity contribution in [3.05, 3.63) is 35.4 Å². The fraction of sp³-hybridized carbons (Fsp3) is 0.333. The van der Waals surface area contributed by atoms with Gasteiger partial charge in [0.2, 0.25) is 5.91 Å². The van der Waals surface area contributed by atoms with Crippen molar-refractivity contribution in [1.82, 2.24) is 5.32 Å². The molecule has 0 spiro atoms. The average Bonchev–Trinajstić information content (AvgIpc) is 2.29. The summed E-state index contributed by atoms with van der Waals surface area (Å²) in [5.74, 6) is -2.66. The fourth-order valence-electron chi connectivity index (χ4n) is 1.38. The van der Waals surface area contributed by atoms with E-state index >= 15 is 0 Å². The van der Waals surface area contributed by atoms with Crippen LogP contribution in [0.1, 0.15) is 18.4 Å². The molecule has 6 heteroatoms. The number of carboxylic acids is 1. The molecule has 0 aliphatic carbocycles. The minimum absolute atomic E-state index is 0.0225. The van der Waals surface area contributed by atoms with Gasteiger partial charge in [-0.15, -0.1) is 0 Å². The van der Waals surface area contributed by atoms with E-state index < -0.39 is 23.5 Å². The highest BCUT2D eigenvalue weighted by atomic mass is 19.1. The molecule has 0 radical (unpaired) electrons. The summed E-state index contributed by atoms with van der Waals surface area (Å²) in [5, 5.41) is 10.8. The first-order chi connectivity index (χ1) is 8.49. The van der Waals surface area contributed by atoms with Crippen molar-refractivity contribution in [2.75, 3.05) is 6.54 Å². The third kappa shape index (κ3) is 4.90. The Labute approximate surface area is 103 Å². The Morgan fingerprint density at radius 2 is 2.00 bits per heavy atom. The zero-order valence-electron chi connectivity index (χ0n) is 9.58. The first-order valence-corrected chi connectivity index (χ1v) is 5.41. The number of hydrogen-bond donors (Lipinski definition) is 2. The highest BCUT2D eigenvalue weighted by Crippen LogP contribution is 2.10. The molecule has 1 amide bonds. The van der Waals surface area contributed by atoms with E-state index in [1.165, 1.54) is 0 Å². The van der Waals surface area contributed by atoms with E-state index in [4.69, 9.17) is 5.11 Å². The molecule has 0 aliphatic heterocycles. The van der Waals surface area contributed by atoms with Gasteiger partial charge in [-0.3, -0.25) is 9.59 Å². The van der Waals surface area contributed by atoms with Gasteiger partial charge in [0.25, 0.3) is 0 Å². The smallest absolute Gasteiger partial charge is 0.303 e. The Morgan fingerprint density at radius 3 is 2.67 bits per heavy atom. The highest BCUT2D eigenvalue weighted by molar-refractivity contribution is 5.78. The van der Waals surface area contributed by atoms with E-state index in [-0.39, 0.29) is 24.9 Å². The van der Waals surface area contributed by atoms with Crippen LogP contribution >= 0.6 is 0 Å². The van der Waals surface area contributed by atoms with Crippen LogP contribution in [0.3, 0.4) is 0 Å². The lowest BCUT2D eigenvalue weighted by atomic mass is 10.1. The Bertz CT molecular complexity index is 449. The molecule has 18 heavy (non-hydrogen) atoms. The van der Waals surface area contributed by atoms with Crippen LogP contribution in [-0.4, -0.2) is 23.5 Å². The number of benzene rings is 1. The summed E-state index contributed by atoms with van der Waals surface area (Å²) in [6, 6.07) is 2.90. The number of rotatable bonds is 6. The largest absolute Gasteiger partial charge is 0.481 e. The summed E-state index contributed by atoms with van der Waals surface area (Å²) >= 11 is 0. The van der Waals surface area contributed by atoms with Gasteiger partial charge in [-0.1, -0.05) is 0 Å². The minimum atomic E-state index is -0.944. The van der Waals surface area contributed by atoms with Crippen molar-refractivity contribution >= 4 is 11.9 Å². The van der Waals surface area contributed by atoms with E-state index in [2.05, 4.69) is 5.32 Å². The van der Waals surface area contributed by atoms with Crippen LogP contribution in [0, 0.1) is 11.6 Å². The second-order valence-electron chi connectivity index (χ2n) is 3.76.